The lowest BCUT2D eigenvalue weighted by molar-refractivity contribution is -0.384. The van der Waals surface area contributed by atoms with E-state index in [0.717, 1.165) is 18.5 Å². The van der Waals surface area contributed by atoms with Crippen molar-refractivity contribution in [3.63, 3.8) is 0 Å². The number of nitrogens with one attached hydrogen (secondary N) is 1. The predicted octanol–water partition coefficient (Wildman–Crippen LogP) is 3.70. The number of methoxy groups -OCH3 is 1. The summed E-state index contributed by atoms with van der Waals surface area (Å²) in [7, 11) is 1.58. The van der Waals surface area contributed by atoms with E-state index in [2.05, 4.69) is 10.3 Å². The average molecular weight is 412 g/mol. The maximum Gasteiger partial charge on any atom is 0.271 e. The van der Waals surface area contributed by atoms with Gasteiger partial charge in [0.15, 0.2) is 5.16 Å². The highest BCUT2D eigenvalue weighted by Gasteiger charge is 2.28. The summed E-state index contributed by atoms with van der Waals surface area (Å²) in [5.41, 5.74) is 1.92. The lowest BCUT2D eigenvalue weighted by Crippen LogP contribution is -2.32. The van der Waals surface area contributed by atoms with Crippen LogP contribution in [0.2, 0.25) is 0 Å². The van der Waals surface area contributed by atoms with E-state index in [1.165, 1.54) is 23.9 Å². The Balaban J connectivity index is 1.80. The Bertz CT molecular complexity index is 1090. The average Bonchev–Trinajstić information content (AvgIpc) is 3.46. The number of carbonyl (C=O) groups excluding carboxylic acids is 1. The van der Waals surface area contributed by atoms with E-state index in [4.69, 9.17) is 4.74 Å². The maximum atomic E-state index is 12.4. The second kappa shape index (κ2) is 7.75. The van der Waals surface area contributed by atoms with Crippen molar-refractivity contribution in [1.29, 1.82) is 0 Å². The number of non-ortho nitro benzene ring substituents is 1. The zero-order valence-corrected chi connectivity index (χ0v) is 16.8. The molecule has 0 unspecified atom stereocenters. The molecule has 4 rings (SSSR count). The molecule has 1 atom stereocenters. The normalized spacial score (nSPS) is 14.6. The highest BCUT2D eigenvalue weighted by Crippen LogP contribution is 2.35. The Morgan fingerprint density at radius 3 is 2.79 bits per heavy atom. The third-order valence-corrected chi connectivity index (χ3v) is 5.77. The molecule has 1 aliphatic carbocycles. The lowest BCUT2D eigenvalue weighted by Gasteiger charge is -2.15. The van der Waals surface area contributed by atoms with Gasteiger partial charge in [0, 0.05) is 18.2 Å². The smallest absolute Gasteiger partial charge is 0.271 e. The number of benzene rings is 2. The number of amides is 1. The second-order valence-corrected chi connectivity index (χ2v) is 8.18. The van der Waals surface area contributed by atoms with E-state index >= 15 is 0 Å². The van der Waals surface area contributed by atoms with Crippen molar-refractivity contribution < 1.29 is 14.5 Å². The van der Waals surface area contributed by atoms with Crippen LogP contribution in [0.4, 0.5) is 5.69 Å². The minimum atomic E-state index is -0.444. The summed E-state index contributed by atoms with van der Waals surface area (Å²) in [4.78, 5) is 27.8. The number of hydrogen-bond acceptors (Lipinski definition) is 6. The third-order valence-electron chi connectivity index (χ3n) is 4.72. The molecule has 8 nitrogen and oxygen atoms in total. The largest absolute Gasteiger partial charge is 0.495 e. The minimum Gasteiger partial charge on any atom is -0.495 e. The Hall–Kier alpha value is -3.07. The van der Waals surface area contributed by atoms with Crippen molar-refractivity contribution in [2.24, 2.45) is 0 Å². The van der Waals surface area contributed by atoms with Gasteiger partial charge in [0.05, 0.1) is 34.0 Å². The summed E-state index contributed by atoms with van der Waals surface area (Å²) in [6, 6.07) is 12.3. The van der Waals surface area contributed by atoms with Crippen LogP contribution in [-0.2, 0) is 4.79 Å². The number of ether oxygens (including phenoxy) is 1. The van der Waals surface area contributed by atoms with Crippen molar-refractivity contribution in [3.8, 4) is 11.4 Å². The van der Waals surface area contributed by atoms with Gasteiger partial charge in [-0.15, -0.1) is 0 Å². The zero-order chi connectivity index (χ0) is 20.5. The first-order valence-electron chi connectivity index (χ1n) is 9.25. The molecular weight excluding hydrogens is 392 g/mol. The number of carbonyl (C=O) groups is 1. The van der Waals surface area contributed by atoms with Crippen LogP contribution < -0.4 is 10.1 Å². The molecule has 0 spiro atoms. The summed E-state index contributed by atoms with van der Waals surface area (Å²) < 4.78 is 7.38. The molecule has 1 aliphatic rings. The first kappa shape index (κ1) is 19.3. The molecule has 1 heterocycles. The van der Waals surface area contributed by atoms with Crippen LogP contribution in [0.3, 0.4) is 0 Å². The van der Waals surface area contributed by atoms with Gasteiger partial charge in [-0.2, -0.15) is 0 Å². The molecule has 1 amide bonds. The molecule has 1 aromatic heterocycles. The van der Waals surface area contributed by atoms with Gasteiger partial charge in [0.25, 0.3) is 5.69 Å². The van der Waals surface area contributed by atoms with Gasteiger partial charge in [-0.1, -0.05) is 23.9 Å². The van der Waals surface area contributed by atoms with Crippen LogP contribution in [-0.4, -0.2) is 38.8 Å². The van der Waals surface area contributed by atoms with Gasteiger partial charge < -0.3 is 10.1 Å². The Labute approximate surface area is 171 Å². The number of fused-ring (bicyclic) bond motifs is 1. The molecule has 0 saturated heterocycles. The summed E-state index contributed by atoms with van der Waals surface area (Å²) >= 11 is 1.32. The van der Waals surface area contributed by atoms with Gasteiger partial charge in [0.1, 0.15) is 5.75 Å². The van der Waals surface area contributed by atoms with Crippen LogP contribution >= 0.6 is 11.8 Å². The number of aromatic nitrogens is 2. The summed E-state index contributed by atoms with van der Waals surface area (Å²) in [6.07, 6.45) is 2.04. The summed E-state index contributed by atoms with van der Waals surface area (Å²) in [6.45, 7) is 1.83. The first-order chi connectivity index (χ1) is 14.0. The molecule has 1 saturated carbocycles. The van der Waals surface area contributed by atoms with Gasteiger partial charge in [-0.3, -0.25) is 19.5 Å². The molecule has 2 aromatic carbocycles. The molecular formula is C20H20N4O4S. The number of imidazole rings is 1. The maximum absolute atomic E-state index is 12.4. The van der Waals surface area contributed by atoms with Crippen molar-refractivity contribution in [2.45, 2.75) is 36.2 Å². The fourth-order valence-corrected chi connectivity index (χ4v) is 3.99. The molecule has 150 valence electrons. The van der Waals surface area contributed by atoms with Crippen LogP contribution in [0.15, 0.2) is 47.6 Å². The fraction of sp³-hybridized carbons (Fsp3) is 0.300. The fourth-order valence-electron chi connectivity index (χ4n) is 3.04. The van der Waals surface area contributed by atoms with E-state index in [0.29, 0.717) is 21.9 Å². The molecule has 9 heteroatoms. The van der Waals surface area contributed by atoms with Crippen molar-refractivity contribution in [3.05, 3.63) is 52.6 Å². The van der Waals surface area contributed by atoms with Crippen LogP contribution in [0.1, 0.15) is 19.8 Å². The summed E-state index contributed by atoms with van der Waals surface area (Å²) in [5, 5.41) is 14.4. The van der Waals surface area contributed by atoms with E-state index in [-0.39, 0.29) is 22.9 Å². The van der Waals surface area contributed by atoms with Gasteiger partial charge in [-0.05, 0) is 38.0 Å². The lowest BCUT2D eigenvalue weighted by atomic mass is 10.2. The molecule has 0 radical (unpaired) electrons. The topological polar surface area (TPSA) is 99.3 Å². The second-order valence-electron chi connectivity index (χ2n) is 6.87. The number of nitro benzene ring substituents is 1. The Morgan fingerprint density at radius 1 is 1.34 bits per heavy atom. The molecule has 0 aliphatic heterocycles. The standard InChI is InChI=1S/C20H20N4O4S/c1-12(19(25)21-13-7-8-13)29-20-22-15-11-14(24(26)27)9-10-16(15)23(20)17-5-3-4-6-18(17)28-2/h3-6,9-13H,7-8H2,1-2H3,(H,21,25)/t12-/m0/s1. The predicted molar refractivity (Wildman–Crippen MR) is 111 cm³/mol. The van der Waals surface area contributed by atoms with E-state index in [1.807, 2.05) is 35.8 Å². The van der Waals surface area contributed by atoms with Crippen LogP contribution in [0, 0.1) is 10.1 Å². The van der Waals surface area contributed by atoms with E-state index < -0.39 is 4.92 Å². The van der Waals surface area contributed by atoms with Gasteiger partial charge in [-0.25, -0.2) is 4.98 Å². The third kappa shape index (κ3) is 3.91. The number of hydrogen-bond donors (Lipinski definition) is 1. The number of rotatable bonds is 7. The van der Waals surface area contributed by atoms with E-state index in [1.54, 1.807) is 13.2 Å². The Morgan fingerprint density at radius 2 is 2.10 bits per heavy atom. The molecule has 29 heavy (non-hydrogen) atoms. The molecule has 0 bridgehead atoms. The summed E-state index contributed by atoms with van der Waals surface area (Å²) in [5.74, 6) is 0.601. The first-order valence-corrected chi connectivity index (χ1v) is 10.1. The minimum absolute atomic E-state index is 0.0294. The zero-order valence-electron chi connectivity index (χ0n) is 16.0. The molecule has 1 N–H and O–H groups in total. The SMILES string of the molecule is COc1ccccc1-n1c(S[C@@H](C)C(=O)NC2CC2)nc2cc([N+](=O)[O-])ccc21. The number of nitrogens with zero attached hydrogens (tertiary/aromatic N) is 3. The van der Waals surface area contributed by atoms with Crippen LogP contribution in [0.5, 0.6) is 5.75 Å². The number of thioether (sulfide) groups is 1. The van der Waals surface area contributed by atoms with Crippen LogP contribution in [0.25, 0.3) is 16.7 Å². The van der Waals surface area contributed by atoms with Crippen molar-refractivity contribution in [1.82, 2.24) is 14.9 Å². The van der Waals surface area contributed by atoms with Gasteiger partial charge in [0.2, 0.25) is 5.91 Å². The Kier molecular flexibility index (Phi) is 5.14. The number of nitro groups is 1. The van der Waals surface area contributed by atoms with E-state index in [9.17, 15) is 14.9 Å². The van der Waals surface area contributed by atoms with Crippen molar-refractivity contribution >= 4 is 34.4 Å². The monoisotopic (exact) mass is 412 g/mol. The highest BCUT2D eigenvalue weighted by molar-refractivity contribution is 8.00. The van der Waals surface area contributed by atoms with Crippen molar-refractivity contribution in [2.75, 3.05) is 7.11 Å². The quantitative estimate of drug-likeness (QED) is 0.361. The highest BCUT2D eigenvalue weighted by atomic mass is 32.2. The molecule has 3 aromatic rings. The molecule has 1 fully saturated rings. The van der Waals surface area contributed by atoms with Gasteiger partial charge >= 0.3 is 0 Å². The number of para-hydroxylation sites is 2.